The quantitative estimate of drug-likeness (QED) is 0.472. The SMILES string of the molecule is C=C[C@H](O)C(=O)N1CCC(Oc2ccc(-c3ncnc(NC4=CCC5CNCC5=C4)n3)cc2C#N)[C@H](F)C1. The fourth-order valence-corrected chi connectivity index (χ4v) is 4.84. The van der Waals surface area contributed by atoms with Crippen LogP contribution in [0.2, 0.25) is 0 Å². The molecule has 2 aliphatic heterocycles. The number of nitrogens with one attached hydrogen (secondary N) is 2. The zero-order valence-corrected chi connectivity index (χ0v) is 20.7. The van der Waals surface area contributed by atoms with E-state index in [0.717, 1.165) is 31.3 Å². The van der Waals surface area contributed by atoms with Gasteiger partial charge in [-0.1, -0.05) is 18.7 Å². The van der Waals surface area contributed by atoms with E-state index in [4.69, 9.17) is 4.74 Å². The highest BCUT2D eigenvalue weighted by Gasteiger charge is 2.35. The second-order valence-corrected chi connectivity index (χ2v) is 9.45. The normalized spacial score (nSPS) is 23.4. The molecule has 4 atom stereocenters. The molecular weight excluding hydrogens is 489 g/mol. The Hall–Kier alpha value is -4.14. The molecule has 2 unspecified atom stereocenters. The predicted octanol–water partition coefficient (Wildman–Crippen LogP) is 2.12. The van der Waals surface area contributed by atoms with Crippen LogP contribution in [-0.4, -0.2) is 75.4 Å². The standard InChI is InChI=1S/C27H28FN7O3/c1-2-22(36)26(37)35-8-7-24(21(28)14-35)38-23-6-4-16(9-18(23)11-29)25-31-15-32-27(34-25)33-20-5-3-17-12-30-13-19(17)10-20/h2,4-6,9-10,15,17,21-22,24,30,36H,1,3,7-8,12-14H2,(H,31,32,33,34)/t17?,21-,22+,24?/m1/s1. The number of allylic oxidation sites excluding steroid dienone is 2. The van der Waals surface area contributed by atoms with Gasteiger partial charge in [-0.05, 0) is 42.2 Å². The topological polar surface area (TPSA) is 136 Å². The number of hydrogen-bond donors (Lipinski definition) is 3. The molecule has 0 spiro atoms. The molecule has 2 aromatic rings. The lowest BCUT2D eigenvalue weighted by atomic mass is 9.93. The molecule has 0 saturated carbocycles. The van der Waals surface area contributed by atoms with E-state index in [1.54, 1.807) is 18.2 Å². The molecule has 1 amide bonds. The Balaban J connectivity index is 1.27. The molecule has 10 nitrogen and oxygen atoms in total. The van der Waals surface area contributed by atoms with Crippen LogP contribution >= 0.6 is 0 Å². The molecule has 0 bridgehead atoms. The minimum absolute atomic E-state index is 0.209. The van der Waals surface area contributed by atoms with Crippen LogP contribution < -0.4 is 15.4 Å². The van der Waals surface area contributed by atoms with Crippen LogP contribution in [-0.2, 0) is 4.79 Å². The summed E-state index contributed by atoms with van der Waals surface area (Å²) in [5.41, 5.74) is 3.10. The molecule has 196 valence electrons. The number of fused-ring (bicyclic) bond motifs is 1. The predicted molar refractivity (Wildman–Crippen MR) is 137 cm³/mol. The van der Waals surface area contributed by atoms with E-state index in [9.17, 15) is 19.6 Å². The summed E-state index contributed by atoms with van der Waals surface area (Å²) in [6.07, 6.45) is 4.26. The monoisotopic (exact) mass is 517 g/mol. The number of carbonyl (C=O) groups excluding carboxylic acids is 1. The lowest BCUT2D eigenvalue weighted by Crippen LogP contribution is -2.51. The number of alkyl halides is 1. The summed E-state index contributed by atoms with van der Waals surface area (Å²) in [6, 6.07) is 6.99. The number of anilines is 1. The Kier molecular flexibility index (Phi) is 7.44. The number of halogens is 1. The van der Waals surface area contributed by atoms with Crippen LogP contribution in [0.1, 0.15) is 18.4 Å². The highest BCUT2D eigenvalue weighted by atomic mass is 19.1. The van der Waals surface area contributed by atoms with Crippen LogP contribution in [0.25, 0.3) is 11.4 Å². The van der Waals surface area contributed by atoms with Gasteiger partial charge in [0.05, 0.1) is 12.1 Å². The maximum Gasteiger partial charge on any atom is 0.255 e. The highest BCUT2D eigenvalue weighted by molar-refractivity contribution is 5.82. The Morgan fingerprint density at radius 1 is 1.42 bits per heavy atom. The maximum absolute atomic E-state index is 14.8. The number of benzene rings is 1. The smallest absolute Gasteiger partial charge is 0.255 e. The minimum Gasteiger partial charge on any atom is -0.486 e. The molecule has 1 aliphatic carbocycles. The Labute approximate surface area is 219 Å². The second kappa shape index (κ2) is 11.1. The van der Waals surface area contributed by atoms with Gasteiger partial charge in [0.25, 0.3) is 5.91 Å². The summed E-state index contributed by atoms with van der Waals surface area (Å²) in [4.78, 5) is 26.4. The third kappa shape index (κ3) is 5.41. The number of aliphatic hydroxyl groups is 1. The van der Waals surface area contributed by atoms with Crippen molar-refractivity contribution in [3.63, 3.8) is 0 Å². The third-order valence-electron chi connectivity index (χ3n) is 6.94. The molecule has 5 rings (SSSR count). The number of hydrogen-bond acceptors (Lipinski definition) is 9. The summed E-state index contributed by atoms with van der Waals surface area (Å²) < 4.78 is 20.7. The van der Waals surface area contributed by atoms with Crippen molar-refractivity contribution in [1.29, 1.82) is 5.26 Å². The van der Waals surface area contributed by atoms with Gasteiger partial charge in [-0.2, -0.15) is 10.2 Å². The van der Waals surface area contributed by atoms with Crippen LogP contribution in [0.5, 0.6) is 5.75 Å². The lowest BCUT2D eigenvalue weighted by molar-refractivity contribution is -0.141. The zero-order valence-electron chi connectivity index (χ0n) is 20.7. The summed E-state index contributed by atoms with van der Waals surface area (Å²) in [5, 5.41) is 26.0. The van der Waals surface area contributed by atoms with Gasteiger partial charge in [0.1, 0.15) is 24.3 Å². The van der Waals surface area contributed by atoms with Crippen molar-refractivity contribution in [3.8, 4) is 23.2 Å². The fourth-order valence-electron chi connectivity index (χ4n) is 4.84. The van der Waals surface area contributed by atoms with E-state index in [0.29, 0.717) is 23.3 Å². The van der Waals surface area contributed by atoms with Gasteiger partial charge in [-0.3, -0.25) is 4.79 Å². The third-order valence-corrected chi connectivity index (χ3v) is 6.94. The van der Waals surface area contributed by atoms with Gasteiger partial charge < -0.3 is 25.4 Å². The molecule has 3 aliphatic rings. The second-order valence-electron chi connectivity index (χ2n) is 9.45. The summed E-state index contributed by atoms with van der Waals surface area (Å²) in [5.74, 6) is 0.967. The van der Waals surface area contributed by atoms with Gasteiger partial charge in [0, 0.05) is 37.3 Å². The lowest BCUT2D eigenvalue weighted by Gasteiger charge is -2.35. The van der Waals surface area contributed by atoms with Gasteiger partial charge in [0.2, 0.25) is 5.95 Å². The van der Waals surface area contributed by atoms with Crippen molar-refractivity contribution >= 4 is 11.9 Å². The molecule has 2 fully saturated rings. The largest absolute Gasteiger partial charge is 0.486 e. The van der Waals surface area contributed by atoms with Crippen LogP contribution in [0.3, 0.4) is 0 Å². The van der Waals surface area contributed by atoms with E-state index >= 15 is 0 Å². The number of ether oxygens (including phenoxy) is 1. The molecule has 1 aromatic carbocycles. The van der Waals surface area contributed by atoms with E-state index in [1.165, 1.54) is 16.8 Å². The number of likely N-dealkylation sites (tertiary alicyclic amines) is 1. The van der Waals surface area contributed by atoms with Crippen LogP contribution in [0.4, 0.5) is 10.3 Å². The first-order valence-corrected chi connectivity index (χ1v) is 12.5. The number of aliphatic hydroxyl groups excluding tert-OH is 1. The Morgan fingerprint density at radius 3 is 3.08 bits per heavy atom. The number of aromatic nitrogens is 3. The number of piperidine rings is 1. The van der Waals surface area contributed by atoms with Crippen molar-refractivity contribution in [2.45, 2.75) is 31.2 Å². The first-order valence-electron chi connectivity index (χ1n) is 12.5. The number of rotatable bonds is 7. The average molecular weight is 518 g/mol. The van der Waals surface area contributed by atoms with Gasteiger partial charge >= 0.3 is 0 Å². The fraction of sp³-hybridized carbons (Fsp3) is 0.370. The van der Waals surface area contributed by atoms with Crippen molar-refractivity contribution < 1.29 is 19.0 Å². The molecule has 11 heteroatoms. The summed E-state index contributed by atoms with van der Waals surface area (Å²) in [7, 11) is 0. The summed E-state index contributed by atoms with van der Waals surface area (Å²) >= 11 is 0. The molecule has 3 N–H and O–H groups in total. The van der Waals surface area contributed by atoms with E-state index in [-0.39, 0.29) is 30.8 Å². The number of nitrogens with zero attached hydrogens (tertiary/aromatic N) is 5. The van der Waals surface area contributed by atoms with Gasteiger partial charge in [-0.15, -0.1) is 0 Å². The van der Waals surface area contributed by atoms with Gasteiger partial charge in [-0.25, -0.2) is 14.4 Å². The molecule has 3 heterocycles. The Bertz CT molecular complexity index is 1340. The van der Waals surface area contributed by atoms with Crippen molar-refractivity contribution in [3.05, 3.63) is 66.2 Å². The van der Waals surface area contributed by atoms with E-state index < -0.39 is 24.3 Å². The number of carbonyl (C=O) groups is 1. The van der Waals surface area contributed by atoms with E-state index in [2.05, 4.69) is 50.4 Å². The molecule has 38 heavy (non-hydrogen) atoms. The number of nitriles is 1. The average Bonchev–Trinajstić information content (AvgIpc) is 3.41. The first kappa shape index (κ1) is 25.5. The molecule has 1 aromatic heterocycles. The molecule has 0 radical (unpaired) electrons. The van der Waals surface area contributed by atoms with Crippen LogP contribution in [0, 0.1) is 17.2 Å². The molecular formula is C27H28FN7O3. The minimum atomic E-state index is -1.48. The summed E-state index contributed by atoms with van der Waals surface area (Å²) in [6.45, 7) is 5.28. The molecule has 2 saturated heterocycles. The van der Waals surface area contributed by atoms with Crippen LogP contribution in [0.15, 0.2) is 60.6 Å². The van der Waals surface area contributed by atoms with Crippen molar-refractivity contribution in [2.24, 2.45) is 5.92 Å². The van der Waals surface area contributed by atoms with Crippen molar-refractivity contribution in [2.75, 3.05) is 31.5 Å². The Morgan fingerprint density at radius 2 is 2.29 bits per heavy atom. The van der Waals surface area contributed by atoms with E-state index in [1.807, 2.05) is 0 Å². The van der Waals surface area contributed by atoms with Gasteiger partial charge in [0.15, 0.2) is 18.1 Å². The highest BCUT2D eigenvalue weighted by Crippen LogP contribution is 2.29. The van der Waals surface area contributed by atoms with Crippen molar-refractivity contribution in [1.82, 2.24) is 25.2 Å². The number of amides is 1. The first-order chi connectivity index (χ1) is 18.4. The zero-order chi connectivity index (χ0) is 26.6. The maximum atomic E-state index is 14.8.